The zero-order valence-corrected chi connectivity index (χ0v) is 17.5. The Hall–Kier alpha value is -2.91. The number of aliphatic hydroxyl groups excluding tert-OH is 1. The number of nitrogens with one attached hydrogen (secondary N) is 1. The van der Waals surface area contributed by atoms with Gasteiger partial charge in [0.25, 0.3) is 0 Å². The molecule has 0 aliphatic carbocycles. The molecule has 1 aromatic carbocycles. The molecular formula is C21H30N6O3. The standard InChI is InChI=1S/C21H30N6O3/c1-3-4-18(9-11-28)30-21-25-19(22)20-24-14-16(27(20)26-21)13-15-5-7-17(8-6-15)29-12-10-23-2/h5-8,14,18,23,28H,3-4,9-13H2,1-2H3,(H2,22,25,26)/t18-/m1/s1. The SMILES string of the molecule is CCC[C@H](CCO)Oc1nc(N)c2ncc(Cc3ccc(OCCNC)cc3)n2n1. The van der Waals surface area contributed by atoms with Crippen molar-refractivity contribution >= 4 is 11.5 Å². The lowest BCUT2D eigenvalue weighted by Gasteiger charge is -2.16. The van der Waals surface area contributed by atoms with Gasteiger partial charge in [0.2, 0.25) is 0 Å². The van der Waals surface area contributed by atoms with Crippen LogP contribution in [0.3, 0.4) is 0 Å². The number of hydrogen-bond donors (Lipinski definition) is 3. The van der Waals surface area contributed by atoms with E-state index in [-0.39, 0.29) is 24.5 Å². The van der Waals surface area contributed by atoms with Gasteiger partial charge < -0.3 is 25.6 Å². The molecule has 30 heavy (non-hydrogen) atoms. The minimum atomic E-state index is -0.153. The van der Waals surface area contributed by atoms with Crippen molar-refractivity contribution in [2.24, 2.45) is 0 Å². The highest BCUT2D eigenvalue weighted by Crippen LogP contribution is 2.20. The smallest absolute Gasteiger partial charge is 0.336 e. The fraction of sp³-hybridized carbons (Fsp3) is 0.476. The molecule has 0 bridgehead atoms. The average Bonchev–Trinajstić information content (AvgIpc) is 3.13. The molecule has 0 saturated carbocycles. The number of nitrogen functional groups attached to an aromatic ring is 1. The topological polar surface area (TPSA) is 120 Å². The summed E-state index contributed by atoms with van der Waals surface area (Å²) in [5.41, 5.74) is 8.55. The number of imidazole rings is 1. The average molecular weight is 415 g/mol. The monoisotopic (exact) mass is 414 g/mol. The Morgan fingerprint density at radius 3 is 2.73 bits per heavy atom. The first-order chi connectivity index (χ1) is 14.6. The van der Waals surface area contributed by atoms with Crippen molar-refractivity contribution in [3.8, 4) is 11.8 Å². The van der Waals surface area contributed by atoms with E-state index in [9.17, 15) is 5.11 Å². The van der Waals surface area contributed by atoms with E-state index in [4.69, 9.17) is 15.2 Å². The molecule has 162 valence electrons. The van der Waals surface area contributed by atoms with Gasteiger partial charge in [0.05, 0.1) is 11.9 Å². The molecule has 0 aliphatic heterocycles. The van der Waals surface area contributed by atoms with Crippen molar-refractivity contribution in [1.82, 2.24) is 24.9 Å². The first kappa shape index (κ1) is 21.8. The van der Waals surface area contributed by atoms with Gasteiger partial charge in [-0.15, -0.1) is 5.10 Å². The summed E-state index contributed by atoms with van der Waals surface area (Å²) in [6, 6.07) is 8.15. The Morgan fingerprint density at radius 1 is 1.23 bits per heavy atom. The van der Waals surface area contributed by atoms with E-state index in [0.29, 0.717) is 25.1 Å². The van der Waals surface area contributed by atoms with Crippen molar-refractivity contribution in [3.05, 3.63) is 41.7 Å². The summed E-state index contributed by atoms with van der Waals surface area (Å²) >= 11 is 0. The molecule has 4 N–H and O–H groups in total. The Balaban J connectivity index is 1.77. The van der Waals surface area contributed by atoms with Gasteiger partial charge in [-0.2, -0.15) is 4.98 Å². The van der Waals surface area contributed by atoms with E-state index in [1.165, 1.54) is 0 Å². The minimum Gasteiger partial charge on any atom is -0.492 e. The van der Waals surface area contributed by atoms with Crippen LogP contribution in [0.4, 0.5) is 5.82 Å². The largest absolute Gasteiger partial charge is 0.492 e. The van der Waals surface area contributed by atoms with Crippen molar-refractivity contribution in [1.29, 1.82) is 0 Å². The van der Waals surface area contributed by atoms with Crippen LogP contribution in [0.15, 0.2) is 30.5 Å². The van der Waals surface area contributed by atoms with Gasteiger partial charge in [0.15, 0.2) is 11.5 Å². The molecule has 0 spiro atoms. The summed E-state index contributed by atoms with van der Waals surface area (Å²) in [4.78, 5) is 8.59. The zero-order chi connectivity index (χ0) is 21.3. The van der Waals surface area contributed by atoms with Crippen LogP contribution in [0.5, 0.6) is 11.8 Å². The van der Waals surface area contributed by atoms with Crippen LogP contribution in [0.1, 0.15) is 37.4 Å². The molecular weight excluding hydrogens is 384 g/mol. The highest BCUT2D eigenvalue weighted by molar-refractivity contribution is 5.59. The molecule has 0 amide bonds. The van der Waals surface area contributed by atoms with Crippen molar-refractivity contribution < 1.29 is 14.6 Å². The quantitative estimate of drug-likeness (QED) is 0.384. The second kappa shape index (κ2) is 10.7. The number of aromatic nitrogens is 4. The summed E-state index contributed by atoms with van der Waals surface area (Å²) in [6.07, 6.45) is 4.49. The second-order valence-electron chi connectivity index (χ2n) is 7.08. The number of anilines is 1. The van der Waals surface area contributed by atoms with Gasteiger partial charge >= 0.3 is 6.01 Å². The fourth-order valence-corrected chi connectivity index (χ4v) is 3.16. The van der Waals surface area contributed by atoms with E-state index in [1.54, 1.807) is 10.7 Å². The van der Waals surface area contributed by atoms with Crippen LogP contribution in [0.25, 0.3) is 5.65 Å². The summed E-state index contributed by atoms with van der Waals surface area (Å²) in [5, 5.41) is 16.8. The maximum Gasteiger partial charge on any atom is 0.336 e. The predicted molar refractivity (Wildman–Crippen MR) is 115 cm³/mol. The van der Waals surface area contributed by atoms with Crippen LogP contribution in [-0.2, 0) is 6.42 Å². The van der Waals surface area contributed by atoms with Crippen LogP contribution in [0, 0.1) is 0 Å². The molecule has 9 nitrogen and oxygen atoms in total. The Labute approximate surface area is 176 Å². The summed E-state index contributed by atoms with van der Waals surface area (Å²) in [6.45, 7) is 3.54. The molecule has 9 heteroatoms. The number of aliphatic hydroxyl groups is 1. The third-order valence-corrected chi connectivity index (χ3v) is 4.70. The third-order valence-electron chi connectivity index (χ3n) is 4.70. The van der Waals surface area contributed by atoms with Crippen LogP contribution < -0.4 is 20.5 Å². The van der Waals surface area contributed by atoms with E-state index in [1.807, 2.05) is 31.3 Å². The van der Waals surface area contributed by atoms with Gasteiger partial charge in [0, 0.05) is 26.0 Å². The Morgan fingerprint density at radius 2 is 2.03 bits per heavy atom. The summed E-state index contributed by atoms with van der Waals surface area (Å²) in [7, 11) is 1.89. The van der Waals surface area contributed by atoms with E-state index in [2.05, 4.69) is 27.3 Å². The van der Waals surface area contributed by atoms with Crippen molar-refractivity contribution in [2.75, 3.05) is 32.5 Å². The van der Waals surface area contributed by atoms with Crippen molar-refractivity contribution in [2.45, 2.75) is 38.7 Å². The number of fused-ring (bicyclic) bond motifs is 1. The Kier molecular flexibility index (Phi) is 7.81. The number of hydrogen-bond acceptors (Lipinski definition) is 8. The predicted octanol–water partition coefficient (Wildman–Crippen LogP) is 1.83. The number of rotatable bonds is 12. The van der Waals surface area contributed by atoms with Crippen LogP contribution in [-0.4, -0.2) is 57.6 Å². The number of ether oxygens (including phenoxy) is 2. The molecule has 0 saturated heterocycles. The molecule has 0 aliphatic rings. The summed E-state index contributed by atoms with van der Waals surface area (Å²) in [5.74, 6) is 1.10. The molecule has 0 radical (unpaired) electrons. The molecule has 3 aromatic rings. The normalized spacial score (nSPS) is 12.2. The molecule has 0 unspecified atom stereocenters. The fourth-order valence-electron chi connectivity index (χ4n) is 3.16. The van der Waals surface area contributed by atoms with Gasteiger partial charge in [-0.25, -0.2) is 9.50 Å². The lowest BCUT2D eigenvalue weighted by molar-refractivity contribution is 0.133. The lowest BCUT2D eigenvalue weighted by atomic mass is 10.1. The Bertz CT molecular complexity index is 922. The number of likely N-dealkylation sites (N-methyl/N-ethyl adjacent to an activating group) is 1. The zero-order valence-electron chi connectivity index (χ0n) is 17.5. The molecule has 2 aromatic heterocycles. The number of benzene rings is 1. The molecule has 0 fully saturated rings. The van der Waals surface area contributed by atoms with Crippen LogP contribution in [0.2, 0.25) is 0 Å². The lowest BCUT2D eigenvalue weighted by Crippen LogP contribution is -2.20. The third kappa shape index (κ3) is 5.58. The maximum atomic E-state index is 9.25. The van der Waals surface area contributed by atoms with E-state index >= 15 is 0 Å². The number of nitrogens with zero attached hydrogens (tertiary/aromatic N) is 4. The van der Waals surface area contributed by atoms with Crippen LogP contribution >= 0.6 is 0 Å². The van der Waals surface area contributed by atoms with Gasteiger partial charge in [-0.3, -0.25) is 0 Å². The van der Waals surface area contributed by atoms with Gasteiger partial charge in [0.1, 0.15) is 18.5 Å². The summed E-state index contributed by atoms with van der Waals surface area (Å²) < 4.78 is 13.2. The van der Waals surface area contributed by atoms with E-state index in [0.717, 1.165) is 36.4 Å². The maximum absolute atomic E-state index is 9.25. The molecule has 3 rings (SSSR count). The van der Waals surface area contributed by atoms with Crippen molar-refractivity contribution in [3.63, 3.8) is 0 Å². The highest BCUT2D eigenvalue weighted by Gasteiger charge is 2.16. The number of nitrogens with two attached hydrogens (primary N) is 1. The first-order valence-corrected chi connectivity index (χ1v) is 10.3. The molecule has 2 heterocycles. The highest BCUT2D eigenvalue weighted by atomic mass is 16.5. The first-order valence-electron chi connectivity index (χ1n) is 10.3. The second-order valence-corrected chi connectivity index (χ2v) is 7.08. The molecule has 1 atom stereocenters. The minimum absolute atomic E-state index is 0.0490. The van der Waals surface area contributed by atoms with Gasteiger partial charge in [-0.1, -0.05) is 25.5 Å². The van der Waals surface area contributed by atoms with E-state index < -0.39 is 0 Å². The van der Waals surface area contributed by atoms with Gasteiger partial charge in [-0.05, 0) is 31.2 Å².